The molecule has 20 heavy (non-hydrogen) atoms. The van der Waals surface area contributed by atoms with Gasteiger partial charge in [0.1, 0.15) is 5.75 Å². The number of amides is 1. The van der Waals surface area contributed by atoms with Crippen molar-refractivity contribution in [3.05, 3.63) is 29.3 Å². The largest absolute Gasteiger partial charge is 0.484 e. The van der Waals surface area contributed by atoms with Crippen LogP contribution in [0, 0.1) is 13.8 Å². The summed E-state index contributed by atoms with van der Waals surface area (Å²) in [5, 5.41) is 6.41. The minimum Gasteiger partial charge on any atom is -0.484 e. The lowest BCUT2D eigenvalue weighted by Gasteiger charge is -2.30. The van der Waals surface area contributed by atoms with Gasteiger partial charge in [-0.05, 0) is 63.4 Å². The van der Waals surface area contributed by atoms with Crippen LogP contribution in [-0.4, -0.2) is 31.1 Å². The van der Waals surface area contributed by atoms with Crippen molar-refractivity contribution in [2.45, 2.75) is 45.7 Å². The molecule has 4 nitrogen and oxygen atoms in total. The summed E-state index contributed by atoms with van der Waals surface area (Å²) in [6.45, 7) is 7.31. The van der Waals surface area contributed by atoms with Crippen molar-refractivity contribution in [3.63, 3.8) is 0 Å². The first-order chi connectivity index (χ1) is 9.56. The first kappa shape index (κ1) is 14.9. The van der Waals surface area contributed by atoms with Crippen molar-refractivity contribution in [2.75, 3.05) is 13.2 Å². The molecule has 1 saturated heterocycles. The van der Waals surface area contributed by atoms with Crippen molar-refractivity contribution >= 4 is 5.91 Å². The Morgan fingerprint density at radius 1 is 1.40 bits per heavy atom. The number of nitrogens with one attached hydrogen (secondary N) is 2. The zero-order valence-corrected chi connectivity index (χ0v) is 12.5. The van der Waals surface area contributed by atoms with Crippen LogP contribution in [0.1, 0.15) is 30.9 Å². The Morgan fingerprint density at radius 2 is 2.20 bits per heavy atom. The number of piperidine rings is 1. The second-order valence-electron chi connectivity index (χ2n) is 5.59. The van der Waals surface area contributed by atoms with Crippen molar-refractivity contribution in [1.29, 1.82) is 0 Å². The molecule has 2 unspecified atom stereocenters. The van der Waals surface area contributed by atoms with Crippen molar-refractivity contribution < 1.29 is 9.53 Å². The van der Waals surface area contributed by atoms with Gasteiger partial charge in [-0.25, -0.2) is 0 Å². The van der Waals surface area contributed by atoms with E-state index in [9.17, 15) is 4.79 Å². The van der Waals surface area contributed by atoms with Gasteiger partial charge in [0.2, 0.25) is 0 Å². The van der Waals surface area contributed by atoms with E-state index in [1.165, 1.54) is 11.1 Å². The highest BCUT2D eigenvalue weighted by molar-refractivity contribution is 5.78. The van der Waals surface area contributed by atoms with E-state index < -0.39 is 0 Å². The molecule has 4 heteroatoms. The molecule has 1 aromatic carbocycles. The molecule has 1 fully saturated rings. The fourth-order valence-electron chi connectivity index (χ4n) is 2.44. The average molecular weight is 276 g/mol. The standard InChI is InChI=1S/C16H24N2O2/c1-11-6-7-14(9-12(11)2)20-10-16(19)18-15-5-4-8-17-13(15)3/h6-7,9,13,15,17H,4-5,8,10H2,1-3H3,(H,18,19). The van der Waals surface area contributed by atoms with Gasteiger partial charge in [-0.3, -0.25) is 4.79 Å². The quantitative estimate of drug-likeness (QED) is 0.883. The molecule has 1 aliphatic rings. The Kier molecular flexibility index (Phi) is 5.01. The smallest absolute Gasteiger partial charge is 0.258 e. The molecular weight excluding hydrogens is 252 g/mol. The second-order valence-corrected chi connectivity index (χ2v) is 5.59. The van der Waals surface area contributed by atoms with Crippen LogP contribution in [0.25, 0.3) is 0 Å². The predicted molar refractivity (Wildman–Crippen MR) is 80.0 cm³/mol. The van der Waals surface area contributed by atoms with Gasteiger partial charge in [0, 0.05) is 12.1 Å². The number of ether oxygens (including phenoxy) is 1. The summed E-state index contributed by atoms with van der Waals surface area (Å²) in [5.74, 6) is 0.696. The van der Waals surface area contributed by atoms with Crippen LogP contribution in [0.15, 0.2) is 18.2 Å². The molecule has 110 valence electrons. The first-order valence-corrected chi connectivity index (χ1v) is 7.29. The lowest BCUT2D eigenvalue weighted by molar-refractivity contribution is -0.124. The minimum absolute atomic E-state index is 0.0521. The molecule has 2 N–H and O–H groups in total. The van der Waals surface area contributed by atoms with Gasteiger partial charge < -0.3 is 15.4 Å². The minimum atomic E-state index is -0.0521. The van der Waals surface area contributed by atoms with E-state index in [1.54, 1.807) is 0 Å². The Labute approximate surface area is 120 Å². The van der Waals surface area contributed by atoms with Crippen LogP contribution in [0.5, 0.6) is 5.75 Å². The topological polar surface area (TPSA) is 50.4 Å². The fraction of sp³-hybridized carbons (Fsp3) is 0.562. The SMILES string of the molecule is Cc1ccc(OCC(=O)NC2CCCNC2C)cc1C. The maximum atomic E-state index is 11.9. The number of rotatable bonds is 4. The third-order valence-electron chi connectivity index (χ3n) is 3.96. The third kappa shape index (κ3) is 3.97. The van der Waals surface area contributed by atoms with Gasteiger partial charge in [-0.2, -0.15) is 0 Å². The molecule has 0 aliphatic carbocycles. The molecule has 1 aliphatic heterocycles. The highest BCUT2D eigenvalue weighted by atomic mass is 16.5. The summed E-state index contributed by atoms with van der Waals surface area (Å²) in [7, 11) is 0. The van der Waals surface area contributed by atoms with E-state index in [-0.39, 0.29) is 18.6 Å². The number of hydrogen-bond donors (Lipinski definition) is 2. The Bertz CT molecular complexity index is 474. The molecule has 0 saturated carbocycles. The number of aryl methyl sites for hydroxylation is 2. The Morgan fingerprint density at radius 3 is 2.90 bits per heavy atom. The van der Waals surface area contributed by atoms with E-state index in [4.69, 9.17) is 4.74 Å². The van der Waals surface area contributed by atoms with Gasteiger partial charge in [0.25, 0.3) is 5.91 Å². The lowest BCUT2D eigenvalue weighted by atomic mass is 10.00. The molecule has 1 heterocycles. The van der Waals surface area contributed by atoms with Crippen LogP contribution in [0.2, 0.25) is 0 Å². The van der Waals surface area contributed by atoms with E-state index in [0.717, 1.165) is 25.1 Å². The molecule has 1 aromatic rings. The summed E-state index contributed by atoms with van der Waals surface area (Å²) in [4.78, 5) is 11.9. The molecule has 0 bridgehead atoms. The van der Waals surface area contributed by atoms with Crippen molar-refractivity contribution in [3.8, 4) is 5.75 Å². The molecule has 0 spiro atoms. The molecular formula is C16H24N2O2. The monoisotopic (exact) mass is 276 g/mol. The second kappa shape index (κ2) is 6.75. The summed E-state index contributed by atoms with van der Waals surface area (Å²) in [6, 6.07) is 6.41. The van der Waals surface area contributed by atoms with Crippen LogP contribution in [0.3, 0.4) is 0 Å². The van der Waals surface area contributed by atoms with E-state index >= 15 is 0 Å². The number of hydrogen-bond acceptors (Lipinski definition) is 3. The van der Waals surface area contributed by atoms with E-state index in [1.807, 2.05) is 25.1 Å². The van der Waals surface area contributed by atoms with Gasteiger partial charge >= 0.3 is 0 Å². The van der Waals surface area contributed by atoms with E-state index in [2.05, 4.69) is 24.5 Å². The number of carbonyl (C=O) groups excluding carboxylic acids is 1. The molecule has 0 radical (unpaired) electrons. The number of carbonyl (C=O) groups is 1. The summed E-state index contributed by atoms with van der Waals surface area (Å²) >= 11 is 0. The summed E-state index contributed by atoms with van der Waals surface area (Å²) in [5.41, 5.74) is 2.40. The highest BCUT2D eigenvalue weighted by Gasteiger charge is 2.22. The summed E-state index contributed by atoms with van der Waals surface area (Å²) < 4.78 is 5.55. The maximum absolute atomic E-state index is 11.9. The predicted octanol–water partition coefficient (Wildman–Crippen LogP) is 1.94. The van der Waals surface area contributed by atoms with Gasteiger partial charge in [-0.15, -0.1) is 0 Å². The van der Waals surface area contributed by atoms with Gasteiger partial charge in [-0.1, -0.05) is 6.07 Å². The van der Waals surface area contributed by atoms with Crippen molar-refractivity contribution in [1.82, 2.24) is 10.6 Å². The maximum Gasteiger partial charge on any atom is 0.258 e. The lowest BCUT2D eigenvalue weighted by Crippen LogP contribution is -2.52. The zero-order valence-electron chi connectivity index (χ0n) is 12.5. The van der Waals surface area contributed by atoms with Crippen molar-refractivity contribution in [2.24, 2.45) is 0 Å². The van der Waals surface area contributed by atoms with Crippen LogP contribution < -0.4 is 15.4 Å². The zero-order chi connectivity index (χ0) is 14.5. The summed E-state index contributed by atoms with van der Waals surface area (Å²) in [6.07, 6.45) is 2.14. The molecule has 0 aromatic heterocycles. The normalized spacial score (nSPS) is 22.4. The Hall–Kier alpha value is -1.55. The number of benzene rings is 1. The van der Waals surface area contributed by atoms with E-state index in [0.29, 0.717) is 6.04 Å². The van der Waals surface area contributed by atoms with Crippen LogP contribution >= 0.6 is 0 Å². The fourth-order valence-corrected chi connectivity index (χ4v) is 2.44. The molecule has 2 atom stereocenters. The van der Waals surface area contributed by atoms with Gasteiger partial charge in [0.15, 0.2) is 6.61 Å². The van der Waals surface area contributed by atoms with Crippen LogP contribution in [0.4, 0.5) is 0 Å². The molecule has 1 amide bonds. The highest BCUT2D eigenvalue weighted by Crippen LogP contribution is 2.16. The average Bonchev–Trinajstić information content (AvgIpc) is 2.43. The first-order valence-electron chi connectivity index (χ1n) is 7.29. The van der Waals surface area contributed by atoms with Crippen LogP contribution in [-0.2, 0) is 4.79 Å². The molecule has 2 rings (SSSR count). The third-order valence-corrected chi connectivity index (χ3v) is 3.96. The van der Waals surface area contributed by atoms with Gasteiger partial charge in [0.05, 0.1) is 0 Å². The Balaban J connectivity index is 1.81.